The highest BCUT2D eigenvalue weighted by Gasteiger charge is 2.18. The molecule has 0 fully saturated rings. The molecule has 0 spiro atoms. The maximum absolute atomic E-state index is 10.6. The van der Waals surface area contributed by atoms with Gasteiger partial charge in [-0.05, 0) is 91.8 Å². The van der Waals surface area contributed by atoms with E-state index in [1.807, 2.05) is 26.0 Å². The van der Waals surface area contributed by atoms with Crippen LogP contribution < -0.4 is 0 Å². The highest BCUT2D eigenvalue weighted by molar-refractivity contribution is 5.56. The molecule has 192 valence electrons. The van der Waals surface area contributed by atoms with Crippen LogP contribution in [-0.2, 0) is 19.3 Å². The van der Waals surface area contributed by atoms with Gasteiger partial charge in [0.2, 0.25) is 0 Å². The lowest BCUT2D eigenvalue weighted by Gasteiger charge is -2.18. The molecule has 0 aliphatic carbocycles. The van der Waals surface area contributed by atoms with E-state index >= 15 is 0 Å². The molecule has 0 radical (unpaired) electrons. The fraction of sp³-hybridized carbons (Fsp3) is 0.226. The Labute approximate surface area is 216 Å². The van der Waals surface area contributed by atoms with E-state index in [2.05, 4.69) is 0 Å². The molecule has 6 heteroatoms. The van der Waals surface area contributed by atoms with Crippen LogP contribution in [0.4, 0.5) is 0 Å². The van der Waals surface area contributed by atoms with Gasteiger partial charge < -0.3 is 30.6 Å². The Morgan fingerprint density at radius 1 is 0.378 bits per heavy atom. The van der Waals surface area contributed by atoms with Crippen LogP contribution in [0, 0.1) is 27.7 Å². The second kappa shape index (κ2) is 9.97. The van der Waals surface area contributed by atoms with Gasteiger partial charge in [-0.3, -0.25) is 0 Å². The SMILES string of the molecule is Cc1c(O)ccc(Cc2c(O)ccc(Cc3ccc(O)c(Cc4ccc(O)c(C)c4O)c3C)c2C)c1O. The van der Waals surface area contributed by atoms with E-state index in [0.717, 1.165) is 22.3 Å². The van der Waals surface area contributed by atoms with Gasteiger partial charge in [0.05, 0.1) is 0 Å². The van der Waals surface area contributed by atoms with Crippen LogP contribution in [0.5, 0.6) is 34.5 Å². The van der Waals surface area contributed by atoms with Crippen molar-refractivity contribution in [1.29, 1.82) is 0 Å². The summed E-state index contributed by atoms with van der Waals surface area (Å²) in [6.45, 7) is 7.15. The van der Waals surface area contributed by atoms with Crippen molar-refractivity contribution in [3.8, 4) is 34.5 Å². The molecule has 6 nitrogen and oxygen atoms in total. The predicted octanol–water partition coefficient (Wildman–Crippen LogP) is 5.93. The number of hydrogen-bond acceptors (Lipinski definition) is 6. The second-order valence-electron chi connectivity index (χ2n) is 9.66. The third-order valence-corrected chi connectivity index (χ3v) is 7.46. The molecule has 4 rings (SSSR count). The van der Waals surface area contributed by atoms with Gasteiger partial charge in [-0.25, -0.2) is 0 Å². The molecular formula is C31H32O6. The summed E-state index contributed by atoms with van der Waals surface area (Å²) >= 11 is 0. The summed E-state index contributed by atoms with van der Waals surface area (Å²) < 4.78 is 0. The van der Waals surface area contributed by atoms with Crippen LogP contribution in [0.2, 0.25) is 0 Å². The molecule has 0 saturated carbocycles. The number of aromatic hydroxyl groups is 6. The van der Waals surface area contributed by atoms with Gasteiger partial charge in [0.25, 0.3) is 0 Å². The summed E-state index contributed by atoms with van der Waals surface area (Å²) in [5.74, 6) is 0.322. The van der Waals surface area contributed by atoms with Crippen LogP contribution in [-0.4, -0.2) is 30.6 Å². The lowest BCUT2D eigenvalue weighted by molar-refractivity contribution is 0.437. The average Bonchev–Trinajstić information content (AvgIpc) is 2.87. The molecule has 0 aromatic heterocycles. The van der Waals surface area contributed by atoms with Gasteiger partial charge >= 0.3 is 0 Å². The maximum Gasteiger partial charge on any atom is 0.125 e. The zero-order valence-electron chi connectivity index (χ0n) is 21.4. The first-order chi connectivity index (χ1) is 17.5. The molecule has 4 aromatic rings. The topological polar surface area (TPSA) is 121 Å². The highest BCUT2D eigenvalue weighted by Crippen LogP contribution is 2.37. The second-order valence-corrected chi connectivity index (χ2v) is 9.66. The minimum Gasteiger partial charge on any atom is -0.508 e. The monoisotopic (exact) mass is 500 g/mol. The van der Waals surface area contributed by atoms with Crippen molar-refractivity contribution < 1.29 is 30.6 Å². The van der Waals surface area contributed by atoms with E-state index in [0.29, 0.717) is 52.6 Å². The third-order valence-electron chi connectivity index (χ3n) is 7.46. The Morgan fingerprint density at radius 3 is 1.08 bits per heavy atom. The van der Waals surface area contributed by atoms with Gasteiger partial charge in [-0.1, -0.05) is 24.3 Å². The largest absolute Gasteiger partial charge is 0.508 e. The molecule has 0 amide bonds. The average molecular weight is 501 g/mol. The van der Waals surface area contributed by atoms with Crippen molar-refractivity contribution >= 4 is 0 Å². The van der Waals surface area contributed by atoms with Crippen molar-refractivity contribution in [1.82, 2.24) is 0 Å². The fourth-order valence-electron chi connectivity index (χ4n) is 4.77. The van der Waals surface area contributed by atoms with Crippen molar-refractivity contribution in [2.75, 3.05) is 0 Å². The number of phenols is 6. The first-order valence-electron chi connectivity index (χ1n) is 12.1. The molecule has 0 bridgehead atoms. The molecule has 0 aliphatic heterocycles. The normalized spacial score (nSPS) is 11.1. The Bertz CT molecular complexity index is 1390. The fourth-order valence-corrected chi connectivity index (χ4v) is 4.77. The summed E-state index contributed by atoms with van der Waals surface area (Å²) in [5.41, 5.74) is 7.17. The molecule has 0 aliphatic rings. The minimum atomic E-state index is 0.0101. The molecule has 0 atom stereocenters. The molecule has 37 heavy (non-hydrogen) atoms. The minimum absolute atomic E-state index is 0.0101. The first-order valence-corrected chi connectivity index (χ1v) is 12.1. The van der Waals surface area contributed by atoms with Crippen molar-refractivity contribution in [3.05, 3.63) is 104 Å². The third kappa shape index (κ3) is 4.87. The van der Waals surface area contributed by atoms with Gasteiger partial charge in [-0.2, -0.15) is 0 Å². The standard InChI is InChI=1S/C31H32O6/c1-16-20(5-11-28(34)24(16)14-22-7-9-26(32)18(3)30(22)36)13-21-6-12-29(35)25(17(21)2)15-23-8-10-27(33)19(4)31(23)37/h5-12,32-37H,13-15H2,1-4H3. The number of phenolic OH excluding ortho intramolecular Hbond substituents is 6. The first kappa shape index (κ1) is 25.8. The van der Waals surface area contributed by atoms with Gasteiger partial charge in [0.1, 0.15) is 34.5 Å². The zero-order chi connectivity index (χ0) is 27.0. The van der Waals surface area contributed by atoms with E-state index in [4.69, 9.17) is 0 Å². The molecule has 4 aromatic carbocycles. The summed E-state index contributed by atoms with van der Waals surface area (Å²) in [6, 6.07) is 13.4. The van der Waals surface area contributed by atoms with Crippen LogP contribution in [0.25, 0.3) is 0 Å². The Hall–Kier alpha value is -4.32. The summed E-state index contributed by atoms with van der Waals surface area (Å²) in [6.07, 6.45) is 1.16. The lowest BCUT2D eigenvalue weighted by Crippen LogP contribution is -2.03. The van der Waals surface area contributed by atoms with Crippen LogP contribution in [0.1, 0.15) is 55.6 Å². The molecule has 0 saturated heterocycles. The van der Waals surface area contributed by atoms with Crippen molar-refractivity contribution in [3.63, 3.8) is 0 Å². The molecular weight excluding hydrogens is 468 g/mol. The Kier molecular flexibility index (Phi) is 6.94. The number of rotatable bonds is 6. The maximum atomic E-state index is 10.6. The Balaban J connectivity index is 1.68. The van der Waals surface area contributed by atoms with E-state index in [1.54, 1.807) is 38.1 Å². The number of hydrogen-bond donors (Lipinski definition) is 6. The summed E-state index contributed by atoms with van der Waals surface area (Å²) in [7, 11) is 0. The molecule has 6 N–H and O–H groups in total. The quantitative estimate of drug-likeness (QED) is 0.195. The number of benzene rings is 4. The lowest BCUT2D eigenvalue weighted by atomic mass is 9.88. The zero-order valence-corrected chi connectivity index (χ0v) is 21.4. The summed E-state index contributed by atoms with van der Waals surface area (Å²) in [5, 5.41) is 61.9. The Morgan fingerprint density at radius 2 is 0.703 bits per heavy atom. The smallest absolute Gasteiger partial charge is 0.125 e. The van der Waals surface area contributed by atoms with E-state index < -0.39 is 0 Å². The molecule has 0 unspecified atom stereocenters. The molecule has 0 heterocycles. The van der Waals surface area contributed by atoms with E-state index in [9.17, 15) is 30.6 Å². The van der Waals surface area contributed by atoms with Crippen LogP contribution >= 0.6 is 0 Å². The van der Waals surface area contributed by atoms with Crippen molar-refractivity contribution in [2.45, 2.75) is 47.0 Å². The van der Waals surface area contributed by atoms with Gasteiger partial charge in [0, 0.05) is 35.1 Å². The van der Waals surface area contributed by atoms with Gasteiger partial charge in [0.15, 0.2) is 0 Å². The van der Waals surface area contributed by atoms with Crippen LogP contribution in [0.15, 0.2) is 48.5 Å². The predicted molar refractivity (Wildman–Crippen MR) is 143 cm³/mol. The summed E-state index contributed by atoms with van der Waals surface area (Å²) in [4.78, 5) is 0. The van der Waals surface area contributed by atoms with E-state index in [-0.39, 0.29) is 34.5 Å². The van der Waals surface area contributed by atoms with Crippen LogP contribution in [0.3, 0.4) is 0 Å². The van der Waals surface area contributed by atoms with E-state index in [1.165, 1.54) is 12.1 Å². The van der Waals surface area contributed by atoms with Crippen molar-refractivity contribution in [2.24, 2.45) is 0 Å². The highest BCUT2D eigenvalue weighted by atomic mass is 16.3. The van der Waals surface area contributed by atoms with Gasteiger partial charge in [-0.15, -0.1) is 0 Å².